The van der Waals surface area contributed by atoms with E-state index < -0.39 is 0 Å². The Hall–Kier alpha value is -1.40. The highest BCUT2D eigenvalue weighted by Crippen LogP contribution is 2.19. The summed E-state index contributed by atoms with van der Waals surface area (Å²) in [7, 11) is 1.63. The van der Waals surface area contributed by atoms with Crippen LogP contribution >= 0.6 is 11.8 Å². The van der Waals surface area contributed by atoms with Gasteiger partial charge in [0, 0.05) is 24.3 Å². The minimum Gasteiger partial charge on any atom is -0.497 e. The molecule has 5 nitrogen and oxygen atoms in total. The molecular weight excluding hydrogens is 276 g/mol. The molecule has 0 aliphatic carbocycles. The zero-order valence-electron chi connectivity index (χ0n) is 11.7. The molecule has 2 atom stereocenters. The maximum atomic E-state index is 11.4. The predicted molar refractivity (Wildman–Crippen MR) is 80.1 cm³/mol. The van der Waals surface area contributed by atoms with E-state index in [0.717, 1.165) is 17.3 Å². The lowest BCUT2D eigenvalue weighted by molar-refractivity contribution is -0.123. The average molecular weight is 296 g/mol. The second-order valence-corrected chi connectivity index (χ2v) is 5.83. The molecule has 1 saturated heterocycles. The summed E-state index contributed by atoms with van der Waals surface area (Å²) < 4.78 is 10.8. The first-order chi connectivity index (χ1) is 9.67. The van der Waals surface area contributed by atoms with E-state index in [0.29, 0.717) is 13.0 Å². The molecular formula is C14H20N2O3S. The molecule has 2 rings (SSSR count). The first-order valence-corrected chi connectivity index (χ1v) is 7.66. The maximum absolute atomic E-state index is 11.4. The fourth-order valence-electron chi connectivity index (χ4n) is 1.95. The molecule has 1 aromatic rings. The zero-order valence-corrected chi connectivity index (χ0v) is 12.5. The SMILES string of the molecule is COc1cccc(OCCSC2NC(=O)CC(C)N2)c1. The van der Waals surface area contributed by atoms with E-state index in [1.54, 1.807) is 18.9 Å². The van der Waals surface area contributed by atoms with Gasteiger partial charge in [0.2, 0.25) is 5.91 Å². The van der Waals surface area contributed by atoms with Gasteiger partial charge in [-0.2, -0.15) is 0 Å². The Morgan fingerprint density at radius 1 is 1.40 bits per heavy atom. The lowest BCUT2D eigenvalue weighted by atomic mass is 10.2. The van der Waals surface area contributed by atoms with Gasteiger partial charge in [0.25, 0.3) is 0 Å². The van der Waals surface area contributed by atoms with Gasteiger partial charge in [0.1, 0.15) is 17.0 Å². The van der Waals surface area contributed by atoms with Crippen LogP contribution in [-0.4, -0.2) is 36.9 Å². The molecule has 20 heavy (non-hydrogen) atoms. The topological polar surface area (TPSA) is 59.6 Å². The van der Waals surface area contributed by atoms with Crippen molar-refractivity contribution in [2.75, 3.05) is 19.5 Å². The molecule has 0 aromatic heterocycles. The average Bonchev–Trinajstić information content (AvgIpc) is 2.43. The van der Waals surface area contributed by atoms with Crippen LogP contribution in [-0.2, 0) is 4.79 Å². The van der Waals surface area contributed by atoms with Crippen molar-refractivity contribution in [2.45, 2.75) is 24.9 Å². The van der Waals surface area contributed by atoms with E-state index in [2.05, 4.69) is 10.6 Å². The van der Waals surface area contributed by atoms with Crippen molar-refractivity contribution in [3.63, 3.8) is 0 Å². The highest BCUT2D eigenvalue weighted by atomic mass is 32.2. The number of carbonyl (C=O) groups excluding carboxylic acids is 1. The maximum Gasteiger partial charge on any atom is 0.223 e. The Labute approximate surface area is 123 Å². The Kier molecular flexibility index (Phi) is 5.55. The number of rotatable bonds is 6. The summed E-state index contributed by atoms with van der Waals surface area (Å²) in [5, 5.41) is 6.22. The minimum atomic E-state index is -0.0276. The number of nitrogens with one attached hydrogen (secondary N) is 2. The molecule has 2 N–H and O–H groups in total. The Balaban J connectivity index is 1.69. The number of thioether (sulfide) groups is 1. The van der Waals surface area contributed by atoms with Crippen LogP contribution < -0.4 is 20.1 Å². The summed E-state index contributed by atoms with van der Waals surface area (Å²) in [4.78, 5) is 11.4. The molecule has 1 aliphatic heterocycles. The summed E-state index contributed by atoms with van der Waals surface area (Å²) in [6.45, 7) is 2.60. The van der Waals surface area contributed by atoms with Crippen LogP contribution in [0.25, 0.3) is 0 Å². The number of methoxy groups -OCH3 is 1. The Morgan fingerprint density at radius 3 is 2.95 bits per heavy atom. The molecule has 0 radical (unpaired) electrons. The minimum absolute atomic E-state index is 0.0276. The van der Waals surface area contributed by atoms with E-state index in [-0.39, 0.29) is 17.4 Å². The molecule has 2 unspecified atom stereocenters. The lowest BCUT2D eigenvalue weighted by Crippen LogP contribution is -2.53. The number of hydrogen-bond donors (Lipinski definition) is 2. The summed E-state index contributed by atoms with van der Waals surface area (Å²) in [5.41, 5.74) is -0.0276. The van der Waals surface area contributed by atoms with Gasteiger partial charge in [0.15, 0.2) is 0 Å². The van der Waals surface area contributed by atoms with Crippen LogP contribution in [0.15, 0.2) is 24.3 Å². The number of hydrogen-bond acceptors (Lipinski definition) is 5. The number of amides is 1. The van der Waals surface area contributed by atoms with Crippen LogP contribution in [0.1, 0.15) is 13.3 Å². The number of benzene rings is 1. The van der Waals surface area contributed by atoms with Gasteiger partial charge in [-0.25, -0.2) is 0 Å². The van der Waals surface area contributed by atoms with E-state index in [1.165, 1.54) is 0 Å². The zero-order chi connectivity index (χ0) is 14.4. The highest BCUT2D eigenvalue weighted by Gasteiger charge is 2.22. The molecule has 1 aromatic carbocycles. The van der Waals surface area contributed by atoms with E-state index in [1.807, 2.05) is 31.2 Å². The van der Waals surface area contributed by atoms with Gasteiger partial charge in [-0.3, -0.25) is 10.1 Å². The van der Waals surface area contributed by atoms with E-state index in [9.17, 15) is 4.79 Å². The molecule has 1 amide bonds. The molecule has 110 valence electrons. The summed E-state index contributed by atoms with van der Waals surface area (Å²) in [6, 6.07) is 7.75. The van der Waals surface area contributed by atoms with Gasteiger partial charge in [-0.15, -0.1) is 11.8 Å². The molecule has 0 saturated carbocycles. The van der Waals surface area contributed by atoms with Gasteiger partial charge < -0.3 is 14.8 Å². The van der Waals surface area contributed by atoms with E-state index in [4.69, 9.17) is 9.47 Å². The summed E-state index contributed by atoms with van der Waals surface area (Å²) in [6.07, 6.45) is 0.539. The third-order valence-electron chi connectivity index (χ3n) is 2.90. The van der Waals surface area contributed by atoms with E-state index >= 15 is 0 Å². The van der Waals surface area contributed by atoms with Crippen molar-refractivity contribution in [1.82, 2.24) is 10.6 Å². The monoisotopic (exact) mass is 296 g/mol. The summed E-state index contributed by atoms with van der Waals surface area (Å²) in [5.74, 6) is 2.47. The Bertz CT molecular complexity index is 456. The van der Waals surface area contributed by atoms with Crippen LogP contribution in [0, 0.1) is 0 Å². The molecule has 1 heterocycles. The molecule has 1 aliphatic rings. The van der Waals surface area contributed by atoms with Crippen LogP contribution in [0.3, 0.4) is 0 Å². The molecule has 0 spiro atoms. The molecule has 0 bridgehead atoms. The first kappa shape index (κ1) is 15.0. The van der Waals surface area contributed by atoms with Crippen molar-refractivity contribution in [3.05, 3.63) is 24.3 Å². The number of ether oxygens (including phenoxy) is 2. The highest BCUT2D eigenvalue weighted by molar-refractivity contribution is 7.99. The quantitative estimate of drug-likeness (QED) is 0.781. The molecule has 1 fully saturated rings. The third kappa shape index (κ3) is 4.61. The van der Waals surface area contributed by atoms with Gasteiger partial charge >= 0.3 is 0 Å². The third-order valence-corrected chi connectivity index (χ3v) is 3.89. The standard InChI is InChI=1S/C14H20N2O3S/c1-10-8-13(17)16-14(15-10)20-7-6-19-12-5-3-4-11(9-12)18-2/h3-5,9-10,14-15H,6-8H2,1-2H3,(H,16,17). The van der Waals surface area contributed by atoms with Crippen LogP contribution in [0.2, 0.25) is 0 Å². The van der Waals surface area contributed by atoms with Crippen LogP contribution in [0.5, 0.6) is 11.5 Å². The van der Waals surface area contributed by atoms with Crippen molar-refractivity contribution in [1.29, 1.82) is 0 Å². The van der Waals surface area contributed by atoms with Gasteiger partial charge in [-0.05, 0) is 19.1 Å². The first-order valence-electron chi connectivity index (χ1n) is 6.61. The fourth-order valence-corrected chi connectivity index (χ4v) is 2.91. The lowest BCUT2D eigenvalue weighted by Gasteiger charge is -2.28. The second-order valence-electron chi connectivity index (χ2n) is 4.62. The fraction of sp³-hybridized carbons (Fsp3) is 0.500. The normalized spacial score (nSPS) is 22.2. The smallest absolute Gasteiger partial charge is 0.223 e. The molecule has 6 heteroatoms. The number of carbonyl (C=O) groups is 1. The summed E-state index contributed by atoms with van der Waals surface area (Å²) >= 11 is 1.63. The van der Waals surface area contributed by atoms with Crippen molar-refractivity contribution < 1.29 is 14.3 Å². The van der Waals surface area contributed by atoms with Crippen molar-refractivity contribution >= 4 is 17.7 Å². The Morgan fingerprint density at radius 2 is 2.20 bits per heavy atom. The van der Waals surface area contributed by atoms with Crippen molar-refractivity contribution in [3.8, 4) is 11.5 Å². The second kappa shape index (κ2) is 7.40. The van der Waals surface area contributed by atoms with Gasteiger partial charge in [0.05, 0.1) is 13.7 Å². The predicted octanol–water partition coefficient (Wildman–Crippen LogP) is 1.59. The van der Waals surface area contributed by atoms with Gasteiger partial charge in [-0.1, -0.05) is 6.07 Å². The van der Waals surface area contributed by atoms with Crippen molar-refractivity contribution in [2.24, 2.45) is 0 Å². The largest absolute Gasteiger partial charge is 0.497 e. The van der Waals surface area contributed by atoms with Crippen LogP contribution in [0.4, 0.5) is 0 Å².